The zero-order valence-corrected chi connectivity index (χ0v) is 8.42. The van der Waals surface area contributed by atoms with Gasteiger partial charge in [0.25, 0.3) is 0 Å². The van der Waals surface area contributed by atoms with Crippen LogP contribution >= 0.6 is 11.6 Å². The fourth-order valence-electron chi connectivity index (χ4n) is 0.844. The minimum atomic E-state index is 0.414. The Morgan fingerprint density at radius 3 is 2.85 bits per heavy atom. The predicted molar refractivity (Wildman–Crippen MR) is 51.6 cm³/mol. The van der Waals surface area contributed by atoms with E-state index in [0.29, 0.717) is 11.8 Å². The van der Waals surface area contributed by atoms with Crippen molar-refractivity contribution in [1.82, 2.24) is 10.2 Å². The van der Waals surface area contributed by atoms with E-state index in [1.807, 2.05) is 6.07 Å². The molecule has 1 aromatic rings. The summed E-state index contributed by atoms with van der Waals surface area (Å²) in [6.45, 7) is 3.43. The van der Waals surface area contributed by atoms with E-state index >= 15 is 0 Å². The molecule has 1 rings (SSSR count). The SMILES string of the molecule is CCCCOCc1ccc(Cl)nn1. The Morgan fingerprint density at radius 2 is 2.23 bits per heavy atom. The topological polar surface area (TPSA) is 35.0 Å². The van der Waals surface area contributed by atoms with Crippen LogP contribution in [-0.4, -0.2) is 16.8 Å². The summed E-state index contributed by atoms with van der Waals surface area (Å²) in [5.74, 6) is 0. The lowest BCUT2D eigenvalue weighted by Crippen LogP contribution is -1.98. The molecule has 0 fully saturated rings. The van der Waals surface area contributed by atoms with E-state index in [0.717, 1.165) is 25.1 Å². The number of rotatable bonds is 5. The molecular weight excluding hydrogens is 188 g/mol. The van der Waals surface area contributed by atoms with Crippen molar-refractivity contribution in [3.63, 3.8) is 0 Å². The average Bonchev–Trinajstić information content (AvgIpc) is 2.15. The smallest absolute Gasteiger partial charge is 0.151 e. The standard InChI is InChI=1S/C9H13ClN2O/c1-2-3-6-13-7-8-4-5-9(10)12-11-8/h4-5H,2-3,6-7H2,1H3. The lowest BCUT2D eigenvalue weighted by Gasteiger charge is -2.01. The van der Waals surface area contributed by atoms with Gasteiger partial charge >= 0.3 is 0 Å². The highest BCUT2D eigenvalue weighted by Gasteiger charge is 1.95. The van der Waals surface area contributed by atoms with Gasteiger partial charge < -0.3 is 4.74 Å². The van der Waals surface area contributed by atoms with Crippen molar-refractivity contribution in [1.29, 1.82) is 0 Å². The number of aromatic nitrogens is 2. The van der Waals surface area contributed by atoms with Crippen LogP contribution in [0.5, 0.6) is 0 Å². The van der Waals surface area contributed by atoms with Crippen LogP contribution in [-0.2, 0) is 11.3 Å². The van der Waals surface area contributed by atoms with Crippen molar-refractivity contribution in [2.24, 2.45) is 0 Å². The molecule has 0 radical (unpaired) electrons. The van der Waals surface area contributed by atoms with E-state index in [9.17, 15) is 0 Å². The first kappa shape index (κ1) is 10.4. The van der Waals surface area contributed by atoms with Gasteiger partial charge in [-0.15, -0.1) is 5.10 Å². The van der Waals surface area contributed by atoms with Crippen molar-refractivity contribution in [3.8, 4) is 0 Å². The lowest BCUT2D eigenvalue weighted by atomic mass is 10.3. The Kier molecular flexibility index (Phi) is 4.72. The highest BCUT2D eigenvalue weighted by Crippen LogP contribution is 2.03. The molecule has 1 aromatic heterocycles. The van der Waals surface area contributed by atoms with Crippen molar-refractivity contribution >= 4 is 11.6 Å². The monoisotopic (exact) mass is 200 g/mol. The minimum absolute atomic E-state index is 0.414. The van der Waals surface area contributed by atoms with Crippen LogP contribution in [0.25, 0.3) is 0 Å². The summed E-state index contributed by atoms with van der Waals surface area (Å²) >= 11 is 5.58. The molecule has 3 nitrogen and oxygen atoms in total. The van der Waals surface area contributed by atoms with Gasteiger partial charge in [0.05, 0.1) is 12.3 Å². The van der Waals surface area contributed by atoms with Gasteiger partial charge in [0.15, 0.2) is 5.15 Å². The molecule has 0 N–H and O–H groups in total. The number of nitrogens with zero attached hydrogens (tertiary/aromatic N) is 2. The number of hydrogen-bond acceptors (Lipinski definition) is 3. The maximum atomic E-state index is 5.58. The van der Waals surface area contributed by atoms with Gasteiger partial charge in [-0.3, -0.25) is 0 Å². The van der Waals surface area contributed by atoms with Crippen LogP contribution in [0.15, 0.2) is 12.1 Å². The molecule has 0 aliphatic carbocycles. The number of halogens is 1. The molecule has 13 heavy (non-hydrogen) atoms. The Bertz CT molecular complexity index is 238. The fourth-order valence-corrected chi connectivity index (χ4v) is 0.945. The van der Waals surface area contributed by atoms with Gasteiger partial charge in [0.1, 0.15) is 0 Å². The first-order chi connectivity index (χ1) is 6.33. The van der Waals surface area contributed by atoms with Crippen LogP contribution < -0.4 is 0 Å². The molecule has 0 unspecified atom stereocenters. The van der Waals surface area contributed by atoms with Crippen molar-refractivity contribution in [2.45, 2.75) is 26.4 Å². The molecule has 0 aliphatic heterocycles. The first-order valence-electron chi connectivity index (χ1n) is 4.38. The van der Waals surface area contributed by atoms with E-state index in [1.165, 1.54) is 0 Å². The zero-order chi connectivity index (χ0) is 9.52. The number of unbranched alkanes of at least 4 members (excludes halogenated alkanes) is 1. The predicted octanol–water partition coefficient (Wildman–Crippen LogP) is 2.45. The third-order valence-corrected chi connectivity index (χ3v) is 1.78. The van der Waals surface area contributed by atoms with Crippen LogP contribution in [0, 0.1) is 0 Å². The summed E-state index contributed by atoms with van der Waals surface area (Å²) in [5.41, 5.74) is 0.820. The minimum Gasteiger partial charge on any atom is -0.375 e. The van der Waals surface area contributed by atoms with Gasteiger partial charge in [0, 0.05) is 6.61 Å². The van der Waals surface area contributed by atoms with Crippen molar-refractivity contribution < 1.29 is 4.74 Å². The van der Waals surface area contributed by atoms with Crippen LogP contribution in [0.3, 0.4) is 0 Å². The zero-order valence-electron chi connectivity index (χ0n) is 7.66. The van der Waals surface area contributed by atoms with E-state index < -0.39 is 0 Å². The molecule has 0 atom stereocenters. The summed E-state index contributed by atoms with van der Waals surface area (Å²) in [6, 6.07) is 3.54. The molecule has 0 spiro atoms. The summed E-state index contributed by atoms with van der Waals surface area (Å²) in [4.78, 5) is 0. The Hall–Kier alpha value is -0.670. The number of ether oxygens (including phenoxy) is 1. The Balaban J connectivity index is 2.25. The lowest BCUT2D eigenvalue weighted by molar-refractivity contribution is 0.115. The molecule has 0 amide bonds. The van der Waals surface area contributed by atoms with Crippen LogP contribution in [0.1, 0.15) is 25.5 Å². The average molecular weight is 201 g/mol. The summed E-state index contributed by atoms with van der Waals surface area (Å²) in [6.07, 6.45) is 2.23. The Morgan fingerprint density at radius 1 is 1.38 bits per heavy atom. The molecule has 72 valence electrons. The molecule has 4 heteroatoms. The third kappa shape index (κ3) is 4.20. The second-order valence-electron chi connectivity index (χ2n) is 2.75. The van der Waals surface area contributed by atoms with Crippen LogP contribution in [0.4, 0.5) is 0 Å². The molecule has 0 saturated carbocycles. The number of hydrogen-bond donors (Lipinski definition) is 0. The summed E-state index contributed by atoms with van der Waals surface area (Å²) < 4.78 is 5.35. The molecule has 0 aliphatic rings. The largest absolute Gasteiger partial charge is 0.375 e. The van der Waals surface area contributed by atoms with Crippen molar-refractivity contribution in [3.05, 3.63) is 23.0 Å². The molecule has 0 saturated heterocycles. The van der Waals surface area contributed by atoms with Gasteiger partial charge in [-0.1, -0.05) is 24.9 Å². The van der Waals surface area contributed by atoms with E-state index in [2.05, 4.69) is 17.1 Å². The van der Waals surface area contributed by atoms with Crippen LogP contribution in [0.2, 0.25) is 5.15 Å². The van der Waals surface area contributed by atoms with Crippen molar-refractivity contribution in [2.75, 3.05) is 6.61 Å². The first-order valence-corrected chi connectivity index (χ1v) is 4.76. The van der Waals surface area contributed by atoms with Gasteiger partial charge in [-0.05, 0) is 18.6 Å². The van der Waals surface area contributed by atoms with Gasteiger partial charge in [0.2, 0.25) is 0 Å². The molecular formula is C9H13ClN2O. The fraction of sp³-hybridized carbons (Fsp3) is 0.556. The van der Waals surface area contributed by atoms with E-state index in [4.69, 9.17) is 16.3 Å². The highest BCUT2D eigenvalue weighted by atomic mass is 35.5. The highest BCUT2D eigenvalue weighted by molar-refractivity contribution is 6.29. The Labute approximate surface area is 83.1 Å². The second kappa shape index (κ2) is 5.89. The maximum Gasteiger partial charge on any atom is 0.151 e. The molecule has 0 bridgehead atoms. The quantitative estimate of drug-likeness (QED) is 0.685. The molecule has 0 aromatic carbocycles. The van der Waals surface area contributed by atoms with E-state index in [1.54, 1.807) is 6.07 Å². The van der Waals surface area contributed by atoms with Gasteiger partial charge in [-0.25, -0.2) is 0 Å². The summed E-state index contributed by atoms with van der Waals surface area (Å²) in [7, 11) is 0. The maximum absolute atomic E-state index is 5.58. The molecule has 1 heterocycles. The van der Waals surface area contributed by atoms with E-state index in [-0.39, 0.29) is 0 Å². The van der Waals surface area contributed by atoms with Gasteiger partial charge in [-0.2, -0.15) is 5.10 Å². The second-order valence-corrected chi connectivity index (χ2v) is 3.14. The summed E-state index contributed by atoms with van der Waals surface area (Å²) in [5, 5.41) is 8.00. The normalized spacial score (nSPS) is 10.3. The third-order valence-electron chi connectivity index (χ3n) is 1.58.